The SMILES string of the molecule is Cc1ccc2c3c(ccc2c(=O)c1)CC(=O)C=C3. The summed E-state index contributed by atoms with van der Waals surface area (Å²) in [5, 5.41) is 1.63. The van der Waals surface area contributed by atoms with Crippen molar-refractivity contribution in [3.63, 3.8) is 0 Å². The number of carbonyl (C=O) groups excluding carboxylic acids is 1. The number of fused-ring (bicyclic) bond motifs is 3. The van der Waals surface area contributed by atoms with Crippen molar-refractivity contribution in [2.24, 2.45) is 0 Å². The van der Waals surface area contributed by atoms with Gasteiger partial charge in [0.1, 0.15) is 0 Å². The average Bonchev–Trinajstić information content (AvgIpc) is 2.48. The number of carbonyl (C=O) groups is 1. The molecule has 0 radical (unpaired) electrons. The quantitative estimate of drug-likeness (QED) is 0.704. The number of hydrogen-bond donors (Lipinski definition) is 0. The van der Waals surface area contributed by atoms with Crippen LogP contribution >= 0.6 is 0 Å². The van der Waals surface area contributed by atoms with Crippen LogP contribution in [0.2, 0.25) is 0 Å². The normalized spacial score (nSPS) is 13.7. The van der Waals surface area contributed by atoms with Crippen LogP contribution in [-0.4, -0.2) is 5.78 Å². The van der Waals surface area contributed by atoms with Crippen LogP contribution in [-0.2, 0) is 11.2 Å². The molecule has 2 nitrogen and oxygen atoms in total. The molecule has 0 spiro atoms. The molecule has 0 bridgehead atoms. The molecule has 2 heteroatoms. The monoisotopic (exact) mass is 236 g/mol. The molecule has 0 N–H and O–H groups in total. The molecule has 0 saturated carbocycles. The Balaban J connectivity index is 2.47. The van der Waals surface area contributed by atoms with E-state index >= 15 is 0 Å². The van der Waals surface area contributed by atoms with Crippen molar-refractivity contribution in [1.29, 1.82) is 0 Å². The predicted octanol–water partition coefficient (Wildman–Crippen LogP) is 2.65. The van der Waals surface area contributed by atoms with E-state index in [1.165, 1.54) is 0 Å². The van der Waals surface area contributed by atoms with Gasteiger partial charge in [0.05, 0.1) is 0 Å². The lowest BCUT2D eigenvalue weighted by atomic mass is 9.92. The zero-order chi connectivity index (χ0) is 12.7. The van der Waals surface area contributed by atoms with Gasteiger partial charge in [-0.2, -0.15) is 0 Å². The Hall–Kier alpha value is -2.22. The lowest BCUT2D eigenvalue weighted by molar-refractivity contribution is -0.114. The highest BCUT2D eigenvalue weighted by Gasteiger charge is 2.13. The maximum Gasteiger partial charge on any atom is 0.186 e. The van der Waals surface area contributed by atoms with Gasteiger partial charge in [-0.25, -0.2) is 0 Å². The van der Waals surface area contributed by atoms with Crippen LogP contribution in [0.5, 0.6) is 0 Å². The molecular formula is C16H12O2. The Morgan fingerprint density at radius 2 is 1.72 bits per heavy atom. The summed E-state index contributed by atoms with van der Waals surface area (Å²) in [5.74, 6) is 0.112. The fourth-order valence-corrected chi connectivity index (χ4v) is 2.40. The van der Waals surface area contributed by atoms with E-state index in [4.69, 9.17) is 0 Å². The molecule has 2 aromatic rings. The molecule has 0 aromatic heterocycles. The van der Waals surface area contributed by atoms with E-state index in [1.54, 1.807) is 12.1 Å². The van der Waals surface area contributed by atoms with Crippen LogP contribution < -0.4 is 5.43 Å². The van der Waals surface area contributed by atoms with Crippen molar-refractivity contribution < 1.29 is 4.79 Å². The lowest BCUT2D eigenvalue weighted by Crippen LogP contribution is -2.06. The molecule has 1 aliphatic rings. The third-order valence-electron chi connectivity index (χ3n) is 3.32. The van der Waals surface area contributed by atoms with Crippen molar-refractivity contribution in [3.8, 4) is 0 Å². The summed E-state index contributed by atoms with van der Waals surface area (Å²) in [6, 6.07) is 9.25. The van der Waals surface area contributed by atoms with Crippen LogP contribution in [0, 0.1) is 6.92 Å². The lowest BCUT2D eigenvalue weighted by Gasteiger charge is -2.10. The Kier molecular flexibility index (Phi) is 2.37. The van der Waals surface area contributed by atoms with Crippen molar-refractivity contribution in [2.75, 3.05) is 0 Å². The van der Waals surface area contributed by atoms with Crippen LogP contribution in [0.4, 0.5) is 0 Å². The molecule has 1 aliphatic carbocycles. The van der Waals surface area contributed by atoms with Crippen molar-refractivity contribution >= 4 is 22.6 Å². The maximum atomic E-state index is 12.1. The predicted molar refractivity (Wildman–Crippen MR) is 72.7 cm³/mol. The Labute approximate surface area is 105 Å². The maximum absolute atomic E-state index is 12.1. The molecule has 88 valence electrons. The van der Waals surface area contributed by atoms with Crippen LogP contribution in [0.3, 0.4) is 0 Å². The molecule has 0 unspecified atom stereocenters. The number of rotatable bonds is 0. The van der Waals surface area contributed by atoms with Gasteiger partial charge in [0.15, 0.2) is 11.2 Å². The van der Waals surface area contributed by atoms with Gasteiger partial charge < -0.3 is 0 Å². The summed E-state index contributed by atoms with van der Waals surface area (Å²) in [6.07, 6.45) is 3.83. The summed E-state index contributed by atoms with van der Waals surface area (Å²) < 4.78 is 0. The minimum atomic E-state index is 0.0283. The van der Waals surface area contributed by atoms with E-state index in [0.29, 0.717) is 11.8 Å². The Morgan fingerprint density at radius 3 is 2.56 bits per heavy atom. The second kappa shape index (κ2) is 3.91. The van der Waals surface area contributed by atoms with E-state index in [9.17, 15) is 9.59 Å². The second-order valence-electron chi connectivity index (χ2n) is 4.66. The standard InChI is InChI=1S/C16H12O2/c1-10-2-5-14-13-7-4-12(17)9-11(13)3-6-15(14)16(18)8-10/h2-8H,9H2,1H3. The largest absolute Gasteiger partial charge is 0.294 e. The van der Waals surface area contributed by atoms with Crippen LogP contribution in [0.1, 0.15) is 16.7 Å². The molecule has 0 aliphatic heterocycles. The smallest absolute Gasteiger partial charge is 0.186 e. The topological polar surface area (TPSA) is 34.1 Å². The molecule has 0 atom stereocenters. The first-order valence-corrected chi connectivity index (χ1v) is 5.92. The third kappa shape index (κ3) is 1.66. The van der Waals surface area contributed by atoms with Gasteiger partial charge in [0, 0.05) is 11.8 Å². The van der Waals surface area contributed by atoms with Crippen LogP contribution in [0.15, 0.2) is 41.2 Å². The van der Waals surface area contributed by atoms with Gasteiger partial charge >= 0.3 is 0 Å². The highest BCUT2D eigenvalue weighted by molar-refractivity contribution is 6.03. The number of hydrogen-bond acceptors (Lipinski definition) is 2. The molecule has 3 rings (SSSR count). The summed E-state index contributed by atoms with van der Waals surface area (Å²) in [7, 11) is 0. The van der Waals surface area contributed by atoms with Crippen molar-refractivity contribution in [1.82, 2.24) is 0 Å². The number of ketones is 1. The summed E-state index contributed by atoms with van der Waals surface area (Å²) >= 11 is 0. The van der Waals surface area contributed by atoms with E-state index in [2.05, 4.69) is 0 Å². The first kappa shape index (κ1) is 10.9. The molecule has 0 amide bonds. The zero-order valence-corrected chi connectivity index (χ0v) is 10.1. The molecule has 0 heterocycles. The van der Waals surface area contributed by atoms with Gasteiger partial charge in [0.25, 0.3) is 0 Å². The summed E-state index contributed by atoms with van der Waals surface area (Å²) in [6.45, 7) is 1.91. The highest BCUT2D eigenvalue weighted by atomic mass is 16.1. The summed E-state index contributed by atoms with van der Waals surface area (Å²) in [4.78, 5) is 23.5. The minimum absolute atomic E-state index is 0.0283. The first-order valence-electron chi connectivity index (χ1n) is 5.92. The Bertz CT molecular complexity index is 755. The summed E-state index contributed by atoms with van der Waals surface area (Å²) in [5.41, 5.74) is 2.97. The van der Waals surface area contributed by atoms with Crippen LogP contribution in [0.25, 0.3) is 16.8 Å². The first-order chi connectivity index (χ1) is 8.65. The number of allylic oxidation sites excluding steroid dienone is 1. The van der Waals surface area contributed by atoms with E-state index in [0.717, 1.165) is 22.1 Å². The molecular weight excluding hydrogens is 224 g/mol. The molecule has 0 fully saturated rings. The number of aryl methyl sites for hydroxylation is 1. The Morgan fingerprint density at radius 1 is 0.944 bits per heavy atom. The zero-order valence-electron chi connectivity index (χ0n) is 10.1. The fourth-order valence-electron chi connectivity index (χ4n) is 2.40. The molecule has 2 aromatic carbocycles. The van der Waals surface area contributed by atoms with Gasteiger partial charge in [0.2, 0.25) is 0 Å². The number of benzene rings is 1. The fraction of sp³-hybridized carbons (Fsp3) is 0.125. The van der Waals surface area contributed by atoms with Crippen molar-refractivity contribution in [2.45, 2.75) is 13.3 Å². The van der Waals surface area contributed by atoms with E-state index < -0.39 is 0 Å². The van der Waals surface area contributed by atoms with E-state index in [-0.39, 0.29) is 11.2 Å². The molecule has 18 heavy (non-hydrogen) atoms. The third-order valence-corrected chi connectivity index (χ3v) is 3.32. The van der Waals surface area contributed by atoms with Gasteiger partial charge in [-0.05, 0) is 41.1 Å². The van der Waals surface area contributed by atoms with Crippen molar-refractivity contribution in [3.05, 3.63) is 63.3 Å². The highest BCUT2D eigenvalue weighted by Crippen LogP contribution is 2.25. The minimum Gasteiger partial charge on any atom is -0.294 e. The molecule has 0 saturated heterocycles. The second-order valence-corrected chi connectivity index (χ2v) is 4.66. The van der Waals surface area contributed by atoms with Gasteiger partial charge in [-0.3, -0.25) is 9.59 Å². The van der Waals surface area contributed by atoms with E-state index in [1.807, 2.05) is 37.3 Å². The average molecular weight is 236 g/mol. The van der Waals surface area contributed by atoms with Gasteiger partial charge in [-0.15, -0.1) is 0 Å². The van der Waals surface area contributed by atoms with Gasteiger partial charge in [-0.1, -0.05) is 30.3 Å².